The first-order valence-corrected chi connectivity index (χ1v) is 10.3. The Morgan fingerprint density at radius 1 is 0.760 bits per heavy atom. The molecular weight excluding hydrogens is 333 g/mol. The predicted octanol–water partition coefficient (Wildman–Crippen LogP) is 6.66. The van der Waals surface area contributed by atoms with Gasteiger partial charge in [0.05, 0.1) is 25.5 Å². The Morgan fingerprint density at radius 2 is 1.32 bits per heavy atom. The van der Waals surface area contributed by atoms with Crippen molar-refractivity contribution in [3.63, 3.8) is 0 Å². The van der Waals surface area contributed by atoms with Crippen molar-refractivity contribution in [3.05, 3.63) is 53.6 Å². The van der Waals surface area contributed by atoms with Crippen LogP contribution in [0.3, 0.4) is 0 Å². The maximum Gasteiger partial charge on any atom is 0.360 e. The van der Waals surface area contributed by atoms with Crippen LogP contribution >= 0.6 is 7.74 Å². The third-order valence-corrected chi connectivity index (χ3v) is 5.99. The molecule has 0 heterocycles. The Labute approximate surface area is 151 Å². The molecule has 0 bridgehead atoms. The van der Waals surface area contributed by atoms with Gasteiger partial charge in [0.25, 0.3) is 0 Å². The molecule has 2 aromatic carbocycles. The molecule has 0 atom stereocenters. The lowest BCUT2D eigenvalue weighted by molar-refractivity contribution is 0.163. The van der Waals surface area contributed by atoms with Crippen molar-refractivity contribution in [2.45, 2.75) is 34.6 Å². The van der Waals surface area contributed by atoms with E-state index in [1.54, 1.807) is 0 Å². The van der Waals surface area contributed by atoms with Gasteiger partial charge in [-0.2, -0.15) is 4.74 Å². The Hall–Kier alpha value is -1.45. The monoisotopic (exact) mass is 361 g/mol. The van der Waals surface area contributed by atoms with Gasteiger partial charge in [0, 0.05) is 5.56 Å². The van der Waals surface area contributed by atoms with Gasteiger partial charge in [0.2, 0.25) is 0 Å². The average molecular weight is 361 g/mol. The van der Waals surface area contributed by atoms with Crippen LogP contribution in [0.4, 0.5) is 5.69 Å². The van der Waals surface area contributed by atoms with E-state index in [-0.39, 0.29) is 0 Å². The maximum atomic E-state index is 5.88. The van der Waals surface area contributed by atoms with Crippen LogP contribution in [-0.2, 0) is 13.6 Å². The third kappa shape index (κ3) is 4.80. The van der Waals surface area contributed by atoms with E-state index >= 15 is 0 Å². The van der Waals surface area contributed by atoms with Crippen molar-refractivity contribution in [2.75, 3.05) is 19.8 Å². The van der Waals surface area contributed by atoms with Gasteiger partial charge in [-0.1, -0.05) is 36.4 Å². The molecule has 136 valence electrons. The Kier molecular flexibility index (Phi) is 7.39. The fourth-order valence-corrected chi connectivity index (χ4v) is 4.57. The molecule has 0 spiro atoms. The van der Waals surface area contributed by atoms with Crippen LogP contribution < -0.4 is 0 Å². The van der Waals surface area contributed by atoms with Crippen LogP contribution in [0.1, 0.15) is 31.9 Å². The molecule has 25 heavy (non-hydrogen) atoms. The molecule has 0 aliphatic rings. The molecule has 0 N–H and O–H groups in total. The first-order valence-electron chi connectivity index (χ1n) is 8.78. The molecule has 4 nitrogen and oxygen atoms in total. The van der Waals surface area contributed by atoms with Gasteiger partial charge < -0.3 is 13.6 Å². The predicted molar refractivity (Wildman–Crippen MR) is 105 cm³/mol. The minimum atomic E-state index is -2.78. The Balaban J connectivity index is 2.69. The SMILES string of the molecule is CCOP(=Nc1cccc(C)c1-c1ccccc1C)(OCC)OCC. The first kappa shape index (κ1) is 19.9. The summed E-state index contributed by atoms with van der Waals surface area (Å²) in [5.41, 5.74) is 5.49. The lowest BCUT2D eigenvalue weighted by Crippen LogP contribution is -2.00. The van der Waals surface area contributed by atoms with Crippen molar-refractivity contribution in [1.82, 2.24) is 0 Å². The summed E-state index contributed by atoms with van der Waals surface area (Å²) in [5, 5.41) is 0. The Bertz CT molecular complexity index is 735. The highest BCUT2D eigenvalue weighted by atomic mass is 31.2. The van der Waals surface area contributed by atoms with Gasteiger partial charge in [-0.3, -0.25) is 0 Å². The summed E-state index contributed by atoms with van der Waals surface area (Å²) in [6.45, 7) is 11.5. The first-order chi connectivity index (χ1) is 12.1. The van der Waals surface area contributed by atoms with Crippen LogP contribution in [-0.4, -0.2) is 19.8 Å². The summed E-state index contributed by atoms with van der Waals surface area (Å²) in [6.07, 6.45) is 0. The Morgan fingerprint density at radius 3 is 1.88 bits per heavy atom. The molecule has 2 aromatic rings. The van der Waals surface area contributed by atoms with Gasteiger partial charge >= 0.3 is 7.74 Å². The lowest BCUT2D eigenvalue weighted by Gasteiger charge is -2.23. The zero-order chi connectivity index (χ0) is 18.3. The van der Waals surface area contributed by atoms with Crippen LogP contribution in [0, 0.1) is 13.8 Å². The summed E-state index contributed by atoms with van der Waals surface area (Å²) in [5.74, 6) is 0. The topological polar surface area (TPSA) is 40.0 Å². The zero-order valence-corrected chi connectivity index (χ0v) is 16.7. The van der Waals surface area contributed by atoms with Crippen LogP contribution in [0.5, 0.6) is 0 Å². The average Bonchev–Trinajstić information content (AvgIpc) is 2.57. The molecule has 0 aromatic heterocycles. The van der Waals surface area contributed by atoms with Crippen molar-refractivity contribution in [1.29, 1.82) is 0 Å². The maximum absolute atomic E-state index is 5.88. The van der Waals surface area contributed by atoms with E-state index in [1.165, 1.54) is 11.1 Å². The highest BCUT2D eigenvalue weighted by molar-refractivity contribution is 7.51. The lowest BCUT2D eigenvalue weighted by atomic mass is 9.95. The van der Waals surface area contributed by atoms with Crippen molar-refractivity contribution >= 4 is 13.4 Å². The number of benzene rings is 2. The molecule has 0 saturated heterocycles. The van der Waals surface area contributed by atoms with Gasteiger partial charge in [-0.15, -0.1) is 0 Å². The second kappa shape index (κ2) is 9.30. The third-order valence-electron chi connectivity index (χ3n) is 3.77. The van der Waals surface area contributed by atoms with Crippen LogP contribution in [0.15, 0.2) is 47.2 Å². The normalized spacial score (nSPS) is 11.6. The van der Waals surface area contributed by atoms with Crippen molar-refractivity contribution < 1.29 is 13.6 Å². The molecule has 0 unspecified atom stereocenters. The molecule has 0 radical (unpaired) electrons. The molecule has 0 aliphatic heterocycles. The summed E-state index contributed by atoms with van der Waals surface area (Å²) in [4.78, 5) is 0. The van der Waals surface area contributed by atoms with E-state index in [0.717, 1.165) is 16.8 Å². The fourth-order valence-electron chi connectivity index (χ4n) is 2.76. The summed E-state index contributed by atoms with van der Waals surface area (Å²) in [7, 11) is -2.78. The molecule has 0 amide bonds. The van der Waals surface area contributed by atoms with E-state index in [2.05, 4.69) is 38.1 Å². The van der Waals surface area contributed by atoms with E-state index in [0.29, 0.717) is 19.8 Å². The van der Waals surface area contributed by atoms with Crippen LogP contribution in [0.2, 0.25) is 0 Å². The fraction of sp³-hybridized carbons (Fsp3) is 0.400. The second-order valence-electron chi connectivity index (χ2n) is 5.61. The summed E-state index contributed by atoms with van der Waals surface area (Å²) in [6, 6.07) is 14.4. The largest absolute Gasteiger partial charge is 0.360 e. The van der Waals surface area contributed by atoms with Crippen molar-refractivity contribution in [2.24, 2.45) is 4.74 Å². The van der Waals surface area contributed by atoms with E-state index in [4.69, 9.17) is 18.3 Å². The minimum absolute atomic E-state index is 0.489. The van der Waals surface area contributed by atoms with Crippen molar-refractivity contribution in [3.8, 4) is 11.1 Å². The highest BCUT2D eigenvalue weighted by Crippen LogP contribution is 2.56. The van der Waals surface area contributed by atoms with E-state index in [1.807, 2.05) is 39.0 Å². The van der Waals surface area contributed by atoms with Gasteiger partial charge in [-0.05, 0) is 57.4 Å². The molecule has 0 saturated carbocycles. The highest BCUT2D eigenvalue weighted by Gasteiger charge is 2.24. The van der Waals surface area contributed by atoms with Crippen LogP contribution in [0.25, 0.3) is 11.1 Å². The van der Waals surface area contributed by atoms with Gasteiger partial charge in [0.1, 0.15) is 0 Å². The van der Waals surface area contributed by atoms with Gasteiger partial charge in [0.15, 0.2) is 0 Å². The smallest absolute Gasteiger partial charge is 0.303 e. The minimum Gasteiger partial charge on any atom is -0.303 e. The van der Waals surface area contributed by atoms with E-state index in [9.17, 15) is 0 Å². The van der Waals surface area contributed by atoms with E-state index < -0.39 is 7.74 Å². The molecule has 5 heteroatoms. The molecular formula is C20H28NO3P. The summed E-state index contributed by atoms with van der Waals surface area (Å²) < 4.78 is 22.5. The second-order valence-corrected chi connectivity index (χ2v) is 7.52. The number of aryl methyl sites for hydroxylation is 2. The zero-order valence-electron chi connectivity index (χ0n) is 15.8. The number of hydrogen-bond donors (Lipinski definition) is 0. The number of hydrogen-bond acceptors (Lipinski definition) is 4. The molecule has 0 fully saturated rings. The standard InChI is InChI=1S/C20H28NO3P/c1-6-22-25(23-7-2,24-8-3)21-19-15-11-13-17(5)20(19)18-14-10-9-12-16(18)4/h9-15H,6-8H2,1-5H3. The quantitative estimate of drug-likeness (QED) is 0.494. The number of nitrogens with zero attached hydrogens (tertiary/aromatic N) is 1. The number of rotatable bonds is 8. The molecule has 2 rings (SSSR count). The van der Waals surface area contributed by atoms with Gasteiger partial charge in [-0.25, -0.2) is 0 Å². The summed E-state index contributed by atoms with van der Waals surface area (Å²) >= 11 is 0. The molecule has 0 aliphatic carbocycles.